The maximum atomic E-state index is 4.42. The lowest BCUT2D eigenvalue weighted by Crippen LogP contribution is -2.07. The molecule has 0 saturated heterocycles. The smallest absolute Gasteiger partial charge is 0.0738 e. The lowest BCUT2D eigenvalue weighted by Gasteiger charge is -2.06. The Labute approximate surface area is 82.1 Å². The van der Waals surface area contributed by atoms with Crippen LogP contribution in [-0.4, -0.2) is 9.78 Å². The van der Waals surface area contributed by atoms with Crippen LogP contribution in [0.2, 0.25) is 0 Å². The van der Waals surface area contributed by atoms with Gasteiger partial charge in [0.25, 0.3) is 0 Å². The molecule has 0 fully saturated rings. The van der Waals surface area contributed by atoms with Crippen molar-refractivity contribution in [2.24, 2.45) is 5.92 Å². The minimum Gasteiger partial charge on any atom is -0.268 e. The first-order chi connectivity index (χ1) is 5.52. The maximum Gasteiger partial charge on any atom is 0.0738 e. The summed E-state index contributed by atoms with van der Waals surface area (Å²) in [6.07, 6.45) is 0. The molecule has 1 rings (SSSR count). The number of aromatic nitrogens is 2. The van der Waals surface area contributed by atoms with E-state index in [1.165, 1.54) is 5.69 Å². The molecule has 0 aliphatic carbocycles. The topological polar surface area (TPSA) is 17.8 Å². The van der Waals surface area contributed by atoms with Gasteiger partial charge in [0, 0.05) is 12.2 Å². The molecule has 1 aromatic rings. The number of nitrogens with zero attached hydrogens (tertiary/aromatic N) is 2. The highest BCUT2D eigenvalue weighted by Crippen LogP contribution is 2.20. The van der Waals surface area contributed by atoms with Crippen LogP contribution in [0, 0.1) is 19.8 Å². The van der Waals surface area contributed by atoms with E-state index in [2.05, 4.69) is 46.5 Å². The molecule has 0 aliphatic rings. The van der Waals surface area contributed by atoms with Gasteiger partial charge < -0.3 is 0 Å². The average Bonchev–Trinajstić information content (AvgIpc) is 2.17. The maximum absolute atomic E-state index is 4.42. The van der Waals surface area contributed by atoms with Gasteiger partial charge in [0.2, 0.25) is 0 Å². The summed E-state index contributed by atoms with van der Waals surface area (Å²) in [5.74, 6) is 0.648. The fourth-order valence-corrected chi connectivity index (χ4v) is 1.48. The highest BCUT2D eigenvalue weighted by Gasteiger charge is 2.08. The Balaban J connectivity index is 2.93. The Morgan fingerprint density at radius 2 is 2.00 bits per heavy atom. The molecule has 68 valence electrons. The molecule has 2 nitrogen and oxygen atoms in total. The van der Waals surface area contributed by atoms with Gasteiger partial charge in [-0.05, 0) is 35.7 Å². The van der Waals surface area contributed by atoms with E-state index in [0.717, 1.165) is 16.7 Å². The normalized spacial score (nSPS) is 11.2. The second kappa shape index (κ2) is 3.60. The second-order valence-electron chi connectivity index (χ2n) is 3.56. The van der Waals surface area contributed by atoms with Crippen molar-refractivity contribution in [2.75, 3.05) is 0 Å². The monoisotopic (exact) mass is 230 g/mol. The second-order valence-corrected chi connectivity index (χ2v) is 4.35. The highest BCUT2D eigenvalue weighted by molar-refractivity contribution is 9.10. The Morgan fingerprint density at radius 3 is 2.33 bits per heavy atom. The molecule has 0 atom stereocenters. The lowest BCUT2D eigenvalue weighted by atomic mass is 10.2. The summed E-state index contributed by atoms with van der Waals surface area (Å²) in [7, 11) is 0. The van der Waals surface area contributed by atoms with Crippen molar-refractivity contribution in [1.82, 2.24) is 9.78 Å². The van der Waals surface area contributed by atoms with Gasteiger partial charge in [0.1, 0.15) is 0 Å². The number of hydrogen-bond donors (Lipinski definition) is 0. The van der Waals surface area contributed by atoms with E-state index in [9.17, 15) is 0 Å². The minimum absolute atomic E-state index is 0.648. The summed E-state index contributed by atoms with van der Waals surface area (Å²) in [5, 5.41) is 4.42. The van der Waals surface area contributed by atoms with Gasteiger partial charge in [0.05, 0.1) is 10.2 Å². The SMILES string of the molecule is Cc1nn(CC(C)C)c(C)c1Br. The third-order valence-corrected chi connectivity index (χ3v) is 2.98. The Hall–Kier alpha value is -0.310. The number of aryl methyl sites for hydroxylation is 1. The van der Waals surface area contributed by atoms with Crippen LogP contribution in [0.25, 0.3) is 0 Å². The summed E-state index contributed by atoms with van der Waals surface area (Å²) in [4.78, 5) is 0. The molecule has 1 aromatic heterocycles. The molecule has 3 heteroatoms. The van der Waals surface area contributed by atoms with Crippen LogP contribution in [0.4, 0.5) is 0 Å². The van der Waals surface area contributed by atoms with E-state index in [0.29, 0.717) is 5.92 Å². The lowest BCUT2D eigenvalue weighted by molar-refractivity contribution is 0.472. The first kappa shape index (κ1) is 9.78. The standard InChI is InChI=1S/C9H15BrN2/c1-6(2)5-12-8(4)9(10)7(3)11-12/h6H,5H2,1-4H3. The molecule has 0 amide bonds. The summed E-state index contributed by atoms with van der Waals surface area (Å²) in [6, 6.07) is 0. The van der Waals surface area contributed by atoms with Gasteiger partial charge in [0.15, 0.2) is 0 Å². The molecule has 1 heterocycles. The first-order valence-electron chi connectivity index (χ1n) is 4.22. The van der Waals surface area contributed by atoms with Crippen molar-refractivity contribution < 1.29 is 0 Å². The molecule has 0 saturated carbocycles. The number of halogens is 1. The molecule has 0 spiro atoms. The fourth-order valence-electron chi connectivity index (χ4n) is 1.20. The number of rotatable bonds is 2. The van der Waals surface area contributed by atoms with E-state index in [4.69, 9.17) is 0 Å². The van der Waals surface area contributed by atoms with E-state index in [-0.39, 0.29) is 0 Å². The van der Waals surface area contributed by atoms with E-state index in [1.54, 1.807) is 0 Å². The van der Waals surface area contributed by atoms with Crippen molar-refractivity contribution in [2.45, 2.75) is 34.2 Å². The van der Waals surface area contributed by atoms with Crippen LogP contribution >= 0.6 is 15.9 Å². The minimum atomic E-state index is 0.648. The third-order valence-electron chi connectivity index (χ3n) is 1.83. The summed E-state index contributed by atoms with van der Waals surface area (Å²) >= 11 is 3.51. The van der Waals surface area contributed by atoms with E-state index in [1.807, 2.05) is 6.92 Å². The Bertz CT molecular complexity index is 276. The molecular weight excluding hydrogens is 216 g/mol. The molecule has 0 aliphatic heterocycles. The van der Waals surface area contributed by atoms with Crippen molar-refractivity contribution in [1.29, 1.82) is 0 Å². The van der Waals surface area contributed by atoms with Crippen LogP contribution in [0.15, 0.2) is 4.47 Å². The fraction of sp³-hybridized carbons (Fsp3) is 0.667. The zero-order valence-electron chi connectivity index (χ0n) is 8.06. The Kier molecular flexibility index (Phi) is 2.94. The van der Waals surface area contributed by atoms with Gasteiger partial charge >= 0.3 is 0 Å². The molecule has 0 aromatic carbocycles. The number of hydrogen-bond acceptors (Lipinski definition) is 1. The van der Waals surface area contributed by atoms with E-state index < -0.39 is 0 Å². The molecule has 0 N–H and O–H groups in total. The largest absolute Gasteiger partial charge is 0.268 e. The van der Waals surface area contributed by atoms with Crippen LogP contribution < -0.4 is 0 Å². The van der Waals surface area contributed by atoms with Gasteiger partial charge in [-0.15, -0.1) is 0 Å². The zero-order valence-corrected chi connectivity index (χ0v) is 9.64. The van der Waals surface area contributed by atoms with Crippen LogP contribution in [0.3, 0.4) is 0 Å². The molecule has 0 unspecified atom stereocenters. The van der Waals surface area contributed by atoms with Crippen LogP contribution in [0.5, 0.6) is 0 Å². The van der Waals surface area contributed by atoms with Crippen molar-refractivity contribution >= 4 is 15.9 Å². The quantitative estimate of drug-likeness (QED) is 0.765. The van der Waals surface area contributed by atoms with Gasteiger partial charge in [-0.1, -0.05) is 13.8 Å². The average molecular weight is 231 g/mol. The van der Waals surface area contributed by atoms with Crippen LogP contribution in [-0.2, 0) is 6.54 Å². The predicted molar refractivity (Wildman–Crippen MR) is 54.2 cm³/mol. The van der Waals surface area contributed by atoms with Gasteiger partial charge in [-0.25, -0.2) is 0 Å². The molecule has 0 radical (unpaired) electrons. The summed E-state index contributed by atoms with van der Waals surface area (Å²) < 4.78 is 3.20. The molecule has 0 bridgehead atoms. The van der Waals surface area contributed by atoms with Crippen molar-refractivity contribution in [3.8, 4) is 0 Å². The van der Waals surface area contributed by atoms with Crippen molar-refractivity contribution in [3.05, 3.63) is 15.9 Å². The third kappa shape index (κ3) is 1.89. The van der Waals surface area contributed by atoms with Gasteiger partial charge in [-0.3, -0.25) is 4.68 Å². The van der Waals surface area contributed by atoms with Gasteiger partial charge in [-0.2, -0.15) is 5.10 Å². The summed E-state index contributed by atoms with van der Waals surface area (Å²) in [6.45, 7) is 9.51. The molecule has 12 heavy (non-hydrogen) atoms. The Morgan fingerprint density at radius 1 is 1.42 bits per heavy atom. The van der Waals surface area contributed by atoms with Crippen molar-refractivity contribution in [3.63, 3.8) is 0 Å². The van der Waals surface area contributed by atoms with Crippen LogP contribution in [0.1, 0.15) is 25.2 Å². The first-order valence-corrected chi connectivity index (χ1v) is 5.01. The highest BCUT2D eigenvalue weighted by atomic mass is 79.9. The van der Waals surface area contributed by atoms with E-state index >= 15 is 0 Å². The predicted octanol–water partition coefficient (Wildman–Crippen LogP) is 2.92. The summed E-state index contributed by atoms with van der Waals surface area (Å²) in [5.41, 5.74) is 2.30. The zero-order chi connectivity index (χ0) is 9.30. The molecular formula is C9H15BrN2.